The molecule has 0 aliphatic carbocycles. The Morgan fingerprint density at radius 1 is 1.42 bits per heavy atom. The van der Waals surface area contributed by atoms with Gasteiger partial charge in [0.1, 0.15) is 0 Å². The molecular weight excluding hydrogens is 310 g/mol. The predicted molar refractivity (Wildman–Crippen MR) is 78.0 cm³/mol. The van der Waals surface area contributed by atoms with E-state index in [2.05, 4.69) is 25.9 Å². The van der Waals surface area contributed by atoms with Crippen LogP contribution in [0.5, 0.6) is 0 Å². The van der Waals surface area contributed by atoms with Crippen molar-refractivity contribution in [3.05, 3.63) is 16.9 Å². The molecule has 0 radical (unpaired) electrons. The Morgan fingerprint density at radius 2 is 2.05 bits per heavy atom. The van der Waals surface area contributed by atoms with Gasteiger partial charge < -0.3 is 9.64 Å². The Bertz CT molecular complexity index is 397. The van der Waals surface area contributed by atoms with Crippen LogP contribution >= 0.6 is 15.9 Å². The number of hydrogen-bond donors (Lipinski definition) is 0. The third-order valence-electron chi connectivity index (χ3n) is 2.79. The lowest BCUT2D eigenvalue weighted by Crippen LogP contribution is -2.29. The van der Waals surface area contributed by atoms with Gasteiger partial charge in [-0.1, -0.05) is 6.92 Å². The molecule has 106 valence electrons. The minimum atomic E-state index is -0.143. The molecule has 1 heterocycles. The smallest absolute Gasteiger partial charge is 0.308 e. The SMILES string of the molecule is CCOC(=O)C(C)CCN(CC)c1ncc(Br)cn1. The van der Waals surface area contributed by atoms with Crippen molar-refractivity contribution in [2.24, 2.45) is 5.92 Å². The average molecular weight is 330 g/mol. The Balaban J connectivity index is 2.53. The molecule has 0 bridgehead atoms. The van der Waals surface area contributed by atoms with Crippen molar-refractivity contribution in [2.45, 2.75) is 27.2 Å². The van der Waals surface area contributed by atoms with E-state index in [9.17, 15) is 4.79 Å². The molecule has 0 saturated heterocycles. The molecule has 0 N–H and O–H groups in total. The Labute approximate surface area is 122 Å². The van der Waals surface area contributed by atoms with Gasteiger partial charge in [-0.25, -0.2) is 9.97 Å². The number of nitrogens with zero attached hydrogens (tertiary/aromatic N) is 3. The molecule has 0 aliphatic heterocycles. The number of esters is 1. The second-order valence-electron chi connectivity index (χ2n) is 4.22. The van der Waals surface area contributed by atoms with Gasteiger partial charge in [0, 0.05) is 25.5 Å². The van der Waals surface area contributed by atoms with Crippen molar-refractivity contribution in [3.63, 3.8) is 0 Å². The molecule has 1 atom stereocenters. The third kappa shape index (κ3) is 5.14. The first-order valence-electron chi connectivity index (χ1n) is 6.47. The maximum Gasteiger partial charge on any atom is 0.308 e. The van der Waals surface area contributed by atoms with Gasteiger partial charge in [0.25, 0.3) is 0 Å². The van der Waals surface area contributed by atoms with Gasteiger partial charge >= 0.3 is 5.97 Å². The van der Waals surface area contributed by atoms with Crippen molar-refractivity contribution >= 4 is 27.8 Å². The Hall–Kier alpha value is -1.17. The summed E-state index contributed by atoms with van der Waals surface area (Å²) in [6, 6.07) is 0. The van der Waals surface area contributed by atoms with Gasteiger partial charge in [-0.3, -0.25) is 4.79 Å². The summed E-state index contributed by atoms with van der Waals surface area (Å²) in [5.41, 5.74) is 0. The fourth-order valence-corrected chi connectivity index (χ4v) is 1.82. The van der Waals surface area contributed by atoms with Crippen LogP contribution in [0.15, 0.2) is 16.9 Å². The van der Waals surface area contributed by atoms with E-state index in [1.807, 2.05) is 25.7 Å². The fraction of sp³-hybridized carbons (Fsp3) is 0.615. The van der Waals surface area contributed by atoms with E-state index in [0.717, 1.165) is 24.0 Å². The summed E-state index contributed by atoms with van der Waals surface area (Å²) in [6.07, 6.45) is 4.17. The first kappa shape index (κ1) is 15.9. The highest BCUT2D eigenvalue weighted by Gasteiger charge is 2.16. The highest BCUT2D eigenvalue weighted by atomic mass is 79.9. The minimum absolute atomic E-state index is 0.107. The quantitative estimate of drug-likeness (QED) is 0.720. The van der Waals surface area contributed by atoms with Crippen molar-refractivity contribution in [2.75, 3.05) is 24.6 Å². The molecule has 0 aromatic carbocycles. The lowest BCUT2D eigenvalue weighted by atomic mass is 10.1. The highest BCUT2D eigenvalue weighted by Crippen LogP contribution is 2.13. The van der Waals surface area contributed by atoms with Gasteiger partial charge in [-0.2, -0.15) is 0 Å². The van der Waals surface area contributed by atoms with Crippen molar-refractivity contribution in [1.29, 1.82) is 0 Å². The van der Waals surface area contributed by atoms with E-state index in [4.69, 9.17) is 4.74 Å². The number of rotatable bonds is 7. The van der Waals surface area contributed by atoms with Gasteiger partial charge in [-0.05, 0) is 36.2 Å². The van der Waals surface area contributed by atoms with Crippen LogP contribution in [0, 0.1) is 5.92 Å². The van der Waals surface area contributed by atoms with Crippen LogP contribution in [0.3, 0.4) is 0 Å². The zero-order valence-electron chi connectivity index (χ0n) is 11.6. The molecule has 1 aromatic rings. The van der Waals surface area contributed by atoms with Crippen molar-refractivity contribution in [3.8, 4) is 0 Å². The monoisotopic (exact) mass is 329 g/mol. The largest absolute Gasteiger partial charge is 0.466 e. The number of ether oxygens (including phenoxy) is 1. The van der Waals surface area contributed by atoms with E-state index in [0.29, 0.717) is 12.6 Å². The summed E-state index contributed by atoms with van der Waals surface area (Å²) >= 11 is 3.31. The molecule has 1 unspecified atom stereocenters. The topological polar surface area (TPSA) is 55.3 Å². The molecule has 0 amide bonds. The zero-order valence-corrected chi connectivity index (χ0v) is 13.2. The van der Waals surface area contributed by atoms with Crippen LogP contribution in [-0.4, -0.2) is 35.6 Å². The van der Waals surface area contributed by atoms with Crippen LogP contribution in [-0.2, 0) is 9.53 Å². The number of anilines is 1. The van der Waals surface area contributed by atoms with E-state index >= 15 is 0 Å². The van der Waals surface area contributed by atoms with Gasteiger partial charge in [0.05, 0.1) is 17.0 Å². The number of aromatic nitrogens is 2. The maximum absolute atomic E-state index is 11.5. The number of hydrogen-bond acceptors (Lipinski definition) is 5. The Morgan fingerprint density at radius 3 is 2.58 bits per heavy atom. The first-order valence-corrected chi connectivity index (χ1v) is 7.26. The zero-order chi connectivity index (χ0) is 14.3. The van der Waals surface area contributed by atoms with Crippen LogP contribution < -0.4 is 4.90 Å². The molecule has 5 nitrogen and oxygen atoms in total. The van der Waals surface area contributed by atoms with Gasteiger partial charge in [0.2, 0.25) is 5.95 Å². The molecule has 0 aliphatic rings. The molecule has 6 heteroatoms. The second kappa shape index (κ2) is 8.09. The van der Waals surface area contributed by atoms with Crippen molar-refractivity contribution in [1.82, 2.24) is 9.97 Å². The van der Waals surface area contributed by atoms with Gasteiger partial charge in [0.15, 0.2) is 0 Å². The summed E-state index contributed by atoms with van der Waals surface area (Å²) in [5, 5.41) is 0. The van der Waals surface area contributed by atoms with Crippen molar-refractivity contribution < 1.29 is 9.53 Å². The normalized spacial score (nSPS) is 12.0. The summed E-state index contributed by atoms with van der Waals surface area (Å²) in [6.45, 7) is 7.71. The lowest BCUT2D eigenvalue weighted by molar-refractivity contribution is -0.147. The lowest BCUT2D eigenvalue weighted by Gasteiger charge is -2.22. The fourth-order valence-electron chi connectivity index (χ4n) is 1.62. The summed E-state index contributed by atoms with van der Waals surface area (Å²) in [5.74, 6) is 0.432. The van der Waals surface area contributed by atoms with Crippen LogP contribution in [0.4, 0.5) is 5.95 Å². The maximum atomic E-state index is 11.5. The number of carbonyl (C=O) groups excluding carboxylic acids is 1. The minimum Gasteiger partial charge on any atom is -0.466 e. The first-order chi connectivity index (χ1) is 9.08. The summed E-state index contributed by atoms with van der Waals surface area (Å²) < 4.78 is 5.85. The molecule has 0 saturated carbocycles. The third-order valence-corrected chi connectivity index (χ3v) is 3.20. The van der Waals surface area contributed by atoms with Crippen LogP contribution in [0.25, 0.3) is 0 Å². The summed E-state index contributed by atoms with van der Waals surface area (Å²) in [7, 11) is 0. The molecule has 0 spiro atoms. The molecular formula is C13H20BrN3O2. The molecule has 19 heavy (non-hydrogen) atoms. The van der Waals surface area contributed by atoms with Crippen LogP contribution in [0.1, 0.15) is 27.2 Å². The Kier molecular flexibility index (Phi) is 6.77. The molecule has 1 aromatic heterocycles. The van der Waals surface area contributed by atoms with E-state index < -0.39 is 0 Å². The number of carbonyl (C=O) groups is 1. The standard InChI is InChI=1S/C13H20BrN3O2/c1-4-17(13-15-8-11(14)9-16-13)7-6-10(3)12(18)19-5-2/h8-10H,4-7H2,1-3H3. The number of halogens is 1. The van der Waals surface area contributed by atoms with E-state index in [1.54, 1.807) is 12.4 Å². The molecule has 1 rings (SSSR count). The van der Waals surface area contributed by atoms with Crippen LogP contribution in [0.2, 0.25) is 0 Å². The van der Waals surface area contributed by atoms with E-state index in [1.165, 1.54) is 0 Å². The van der Waals surface area contributed by atoms with E-state index in [-0.39, 0.29) is 11.9 Å². The second-order valence-corrected chi connectivity index (χ2v) is 5.14. The highest BCUT2D eigenvalue weighted by molar-refractivity contribution is 9.10. The summed E-state index contributed by atoms with van der Waals surface area (Å²) in [4.78, 5) is 22.1. The predicted octanol–water partition coefficient (Wildman–Crippen LogP) is 2.65. The van der Waals surface area contributed by atoms with Gasteiger partial charge in [-0.15, -0.1) is 0 Å². The average Bonchev–Trinajstić information content (AvgIpc) is 2.41. The molecule has 0 fully saturated rings.